The van der Waals surface area contributed by atoms with Crippen molar-refractivity contribution in [3.8, 4) is 17.0 Å². The minimum Gasteiger partial charge on any atom is -0.443 e. The summed E-state index contributed by atoms with van der Waals surface area (Å²) in [6, 6.07) is 11.3. The summed E-state index contributed by atoms with van der Waals surface area (Å²) in [5.74, 6) is 0.966. The van der Waals surface area contributed by atoms with Crippen molar-refractivity contribution in [1.29, 1.82) is 5.41 Å². The molecule has 0 amide bonds. The standard InChI is InChI=1S/C24H23FN6O/c1-13(2)23-17-10-15(5-8-19(17)30-31(23)3)22-18(25)12-27-24(29-22)28-16-7-4-14-6-9-21(26)32-20(14)11-16/h4-5,7-8,10-13,26H,6,9H2,1-3H3,(H,27,28,29). The van der Waals surface area contributed by atoms with E-state index in [9.17, 15) is 4.39 Å². The zero-order valence-corrected chi connectivity index (χ0v) is 18.1. The van der Waals surface area contributed by atoms with Crippen LogP contribution in [0, 0.1) is 11.2 Å². The van der Waals surface area contributed by atoms with Gasteiger partial charge in [-0.05, 0) is 36.1 Å². The summed E-state index contributed by atoms with van der Waals surface area (Å²) in [6.07, 6.45) is 2.55. The molecule has 3 heterocycles. The van der Waals surface area contributed by atoms with Gasteiger partial charge in [-0.3, -0.25) is 10.1 Å². The van der Waals surface area contributed by atoms with Crippen molar-refractivity contribution < 1.29 is 9.13 Å². The fourth-order valence-corrected chi connectivity index (χ4v) is 4.17. The lowest BCUT2D eigenvalue weighted by atomic mass is 10.0. The molecule has 0 bridgehead atoms. The molecule has 1 aliphatic rings. The number of hydrogen-bond acceptors (Lipinski definition) is 6. The lowest BCUT2D eigenvalue weighted by Gasteiger charge is -2.18. The lowest BCUT2D eigenvalue weighted by Crippen LogP contribution is -2.15. The summed E-state index contributed by atoms with van der Waals surface area (Å²) in [5.41, 5.74) is 4.61. The van der Waals surface area contributed by atoms with Crippen molar-refractivity contribution in [2.45, 2.75) is 32.6 Å². The Bertz CT molecular complexity index is 1360. The Morgan fingerprint density at radius 1 is 1.16 bits per heavy atom. The van der Waals surface area contributed by atoms with E-state index < -0.39 is 5.82 Å². The van der Waals surface area contributed by atoms with Gasteiger partial charge < -0.3 is 10.1 Å². The maximum absolute atomic E-state index is 14.7. The first-order chi connectivity index (χ1) is 15.4. The number of aromatic nitrogens is 4. The largest absolute Gasteiger partial charge is 0.443 e. The normalized spacial score (nSPS) is 13.3. The molecule has 2 aromatic carbocycles. The van der Waals surface area contributed by atoms with E-state index in [4.69, 9.17) is 10.1 Å². The zero-order valence-electron chi connectivity index (χ0n) is 18.1. The molecule has 7 nitrogen and oxygen atoms in total. The number of benzene rings is 2. The number of halogens is 1. The molecule has 0 fully saturated rings. The molecule has 0 unspecified atom stereocenters. The molecule has 162 valence electrons. The highest BCUT2D eigenvalue weighted by atomic mass is 19.1. The van der Waals surface area contributed by atoms with Crippen LogP contribution in [0.3, 0.4) is 0 Å². The smallest absolute Gasteiger partial charge is 0.227 e. The number of anilines is 2. The van der Waals surface area contributed by atoms with Gasteiger partial charge >= 0.3 is 0 Å². The number of hydrogen-bond donors (Lipinski definition) is 2. The predicted molar refractivity (Wildman–Crippen MR) is 122 cm³/mol. The average Bonchev–Trinajstić information content (AvgIpc) is 3.10. The number of rotatable bonds is 4. The topological polar surface area (TPSA) is 88.7 Å². The molecule has 0 saturated carbocycles. The minimum atomic E-state index is -0.493. The number of ether oxygens (including phenoxy) is 1. The summed E-state index contributed by atoms with van der Waals surface area (Å²) < 4.78 is 22.1. The van der Waals surface area contributed by atoms with Gasteiger partial charge in [0.25, 0.3) is 0 Å². The van der Waals surface area contributed by atoms with Gasteiger partial charge in [0, 0.05) is 41.9 Å². The summed E-state index contributed by atoms with van der Waals surface area (Å²) in [7, 11) is 1.92. The third-order valence-corrected chi connectivity index (χ3v) is 5.62. The van der Waals surface area contributed by atoms with Gasteiger partial charge in [-0.15, -0.1) is 0 Å². The van der Waals surface area contributed by atoms with Crippen molar-refractivity contribution in [2.75, 3.05) is 5.32 Å². The number of nitrogens with zero attached hydrogens (tertiary/aromatic N) is 4. The molecule has 1 aliphatic heterocycles. The molecule has 2 N–H and O–H groups in total. The molecule has 32 heavy (non-hydrogen) atoms. The van der Waals surface area contributed by atoms with Gasteiger partial charge in [-0.2, -0.15) is 5.10 Å². The molecule has 0 radical (unpaired) electrons. The van der Waals surface area contributed by atoms with Gasteiger partial charge in [0.15, 0.2) is 11.7 Å². The van der Waals surface area contributed by atoms with E-state index in [-0.39, 0.29) is 23.5 Å². The molecular formula is C24H23FN6O. The van der Waals surface area contributed by atoms with E-state index in [1.54, 1.807) is 0 Å². The van der Waals surface area contributed by atoms with Crippen molar-refractivity contribution in [2.24, 2.45) is 7.05 Å². The van der Waals surface area contributed by atoms with E-state index >= 15 is 0 Å². The van der Waals surface area contributed by atoms with Crippen molar-refractivity contribution in [1.82, 2.24) is 19.7 Å². The lowest BCUT2D eigenvalue weighted by molar-refractivity contribution is 0.499. The molecule has 0 spiro atoms. The van der Waals surface area contributed by atoms with Gasteiger partial charge in [-0.25, -0.2) is 14.4 Å². The van der Waals surface area contributed by atoms with E-state index in [1.807, 2.05) is 48.1 Å². The molecule has 0 atom stereocenters. The summed E-state index contributed by atoms with van der Waals surface area (Å²) in [4.78, 5) is 8.55. The predicted octanol–water partition coefficient (Wildman–Crippen LogP) is 5.34. The number of nitrogens with one attached hydrogen (secondary N) is 2. The molecule has 5 rings (SSSR count). The second kappa shape index (κ2) is 7.71. The van der Waals surface area contributed by atoms with Gasteiger partial charge in [0.1, 0.15) is 11.4 Å². The third-order valence-electron chi connectivity index (χ3n) is 5.62. The molecule has 0 saturated heterocycles. The van der Waals surface area contributed by atoms with Crippen LogP contribution in [0.2, 0.25) is 0 Å². The Hall–Kier alpha value is -3.81. The first kappa shape index (κ1) is 20.1. The van der Waals surface area contributed by atoms with E-state index in [2.05, 4.69) is 34.2 Å². The van der Waals surface area contributed by atoms with E-state index in [0.717, 1.165) is 28.6 Å². The van der Waals surface area contributed by atoms with Crippen LogP contribution in [0.25, 0.3) is 22.2 Å². The van der Waals surface area contributed by atoms with Gasteiger partial charge in [-0.1, -0.05) is 26.0 Å². The fourth-order valence-electron chi connectivity index (χ4n) is 4.17. The van der Waals surface area contributed by atoms with Gasteiger partial charge in [0.2, 0.25) is 5.95 Å². The van der Waals surface area contributed by atoms with Crippen molar-refractivity contribution in [3.05, 3.63) is 59.7 Å². The van der Waals surface area contributed by atoms with Crippen LogP contribution in [-0.2, 0) is 13.5 Å². The van der Waals surface area contributed by atoms with Crippen LogP contribution < -0.4 is 10.1 Å². The third kappa shape index (κ3) is 3.57. The first-order valence-corrected chi connectivity index (χ1v) is 10.5. The maximum Gasteiger partial charge on any atom is 0.227 e. The van der Waals surface area contributed by atoms with Crippen molar-refractivity contribution >= 4 is 28.4 Å². The Balaban J connectivity index is 1.50. The Kier molecular flexibility index (Phi) is 4.84. The number of aryl methyl sites for hydroxylation is 2. The second-order valence-corrected chi connectivity index (χ2v) is 8.26. The van der Waals surface area contributed by atoms with Crippen LogP contribution in [0.15, 0.2) is 42.6 Å². The van der Waals surface area contributed by atoms with Crippen molar-refractivity contribution in [3.63, 3.8) is 0 Å². The summed E-state index contributed by atoms with van der Waals surface area (Å²) in [5, 5.41) is 16.4. The fraction of sp³-hybridized carbons (Fsp3) is 0.250. The highest BCUT2D eigenvalue weighted by Gasteiger charge is 2.17. The Morgan fingerprint density at radius 3 is 2.81 bits per heavy atom. The molecule has 8 heteroatoms. The quantitative estimate of drug-likeness (QED) is 0.456. The second-order valence-electron chi connectivity index (χ2n) is 8.26. The average molecular weight is 430 g/mol. The van der Waals surface area contributed by atoms with Gasteiger partial charge in [0.05, 0.1) is 11.7 Å². The summed E-state index contributed by atoms with van der Waals surface area (Å²) >= 11 is 0. The highest BCUT2D eigenvalue weighted by Crippen LogP contribution is 2.32. The highest BCUT2D eigenvalue weighted by molar-refractivity contribution is 5.87. The molecular weight excluding hydrogens is 407 g/mol. The van der Waals surface area contributed by atoms with Crippen LogP contribution in [0.4, 0.5) is 16.0 Å². The summed E-state index contributed by atoms with van der Waals surface area (Å²) in [6.45, 7) is 4.22. The molecule has 2 aromatic heterocycles. The number of fused-ring (bicyclic) bond motifs is 2. The van der Waals surface area contributed by atoms with Crippen LogP contribution in [-0.4, -0.2) is 25.6 Å². The zero-order chi connectivity index (χ0) is 22.4. The van der Waals surface area contributed by atoms with E-state index in [0.29, 0.717) is 23.4 Å². The maximum atomic E-state index is 14.7. The van der Waals surface area contributed by atoms with E-state index in [1.165, 1.54) is 6.20 Å². The monoisotopic (exact) mass is 430 g/mol. The Morgan fingerprint density at radius 2 is 2.00 bits per heavy atom. The van der Waals surface area contributed by atoms with Crippen LogP contribution in [0.5, 0.6) is 5.75 Å². The Labute approximate surface area is 184 Å². The molecule has 4 aromatic rings. The van der Waals surface area contributed by atoms with Crippen LogP contribution >= 0.6 is 0 Å². The van der Waals surface area contributed by atoms with Crippen LogP contribution in [0.1, 0.15) is 37.4 Å². The molecule has 0 aliphatic carbocycles. The SMILES string of the molecule is CC(C)c1c2cc(-c3nc(Nc4ccc5c(c4)OC(=N)CC5)ncc3F)ccc2nn1C. The minimum absolute atomic E-state index is 0.221. The first-order valence-electron chi connectivity index (χ1n) is 10.5.